The molecular weight excluding hydrogens is 343 g/mol. The van der Waals surface area contributed by atoms with Gasteiger partial charge in [-0.15, -0.1) is 0 Å². The number of fused-ring (bicyclic) bond motifs is 1. The maximum absolute atomic E-state index is 13.3. The fourth-order valence-corrected chi connectivity index (χ4v) is 5.33. The van der Waals surface area contributed by atoms with E-state index in [2.05, 4.69) is 4.98 Å². The number of rotatable bonds is 7. The van der Waals surface area contributed by atoms with Gasteiger partial charge in [-0.2, -0.15) is 0 Å². The number of aliphatic hydroxyl groups excluding tert-OH is 1. The lowest BCUT2D eigenvalue weighted by atomic mass is 10.2. The van der Waals surface area contributed by atoms with Crippen molar-refractivity contribution in [2.75, 3.05) is 19.8 Å². The molecule has 2 N–H and O–H groups in total. The fourth-order valence-electron chi connectivity index (χ4n) is 2.99. The molecule has 0 unspecified atom stereocenters. The molecular formula is C13H19N2O8P. The minimum absolute atomic E-state index is 0.103. The largest absolute Gasteiger partial charge is 0.394 e. The second-order valence-electron chi connectivity index (χ2n) is 5.35. The van der Waals surface area contributed by atoms with Crippen molar-refractivity contribution in [3.63, 3.8) is 0 Å². The molecule has 3 heterocycles. The third kappa shape index (κ3) is 2.42. The fraction of sp³-hybridized carbons (Fsp3) is 0.692. The first-order chi connectivity index (χ1) is 11.4. The van der Waals surface area contributed by atoms with Crippen molar-refractivity contribution < 1.29 is 28.2 Å². The van der Waals surface area contributed by atoms with Crippen molar-refractivity contribution in [1.29, 1.82) is 0 Å². The molecule has 11 heteroatoms. The summed E-state index contributed by atoms with van der Waals surface area (Å²) >= 11 is 0. The Bertz CT molecular complexity index is 766. The van der Waals surface area contributed by atoms with Gasteiger partial charge in [0.2, 0.25) is 5.34 Å². The lowest BCUT2D eigenvalue weighted by Crippen LogP contribution is -2.38. The first-order valence-corrected chi connectivity index (χ1v) is 9.12. The zero-order valence-corrected chi connectivity index (χ0v) is 14.1. The van der Waals surface area contributed by atoms with Crippen LogP contribution in [0.4, 0.5) is 0 Å². The summed E-state index contributed by atoms with van der Waals surface area (Å²) in [4.78, 5) is 25.5. The predicted molar refractivity (Wildman–Crippen MR) is 80.8 cm³/mol. The standard InChI is InChI=1S/C13H19N2O8P/c1-3-20-24(19,21-4-2)13-10(23-13)8(7-16)22-11(13)15-6-5-9(17)14-12(15)18/h5-6,8,10-11,16H,3-4,7H2,1-2H3,(H,14,17,18)/t8-,10+,11-,13-/m1/s1. The summed E-state index contributed by atoms with van der Waals surface area (Å²) in [6.45, 7) is 3.12. The highest BCUT2D eigenvalue weighted by atomic mass is 31.2. The molecule has 2 saturated heterocycles. The van der Waals surface area contributed by atoms with Crippen LogP contribution in [0, 0.1) is 0 Å². The van der Waals surface area contributed by atoms with Gasteiger partial charge in [-0.05, 0) is 13.8 Å². The van der Waals surface area contributed by atoms with Crippen LogP contribution in [0.1, 0.15) is 20.1 Å². The summed E-state index contributed by atoms with van der Waals surface area (Å²) in [7, 11) is -3.82. The van der Waals surface area contributed by atoms with Crippen LogP contribution in [0.3, 0.4) is 0 Å². The number of epoxide rings is 1. The highest BCUT2D eigenvalue weighted by Gasteiger charge is 2.82. The molecule has 0 saturated carbocycles. The second-order valence-corrected chi connectivity index (χ2v) is 7.56. The summed E-state index contributed by atoms with van der Waals surface area (Å²) < 4.78 is 36.3. The van der Waals surface area contributed by atoms with E-state index in [9.17, 15) is 19.3 Å². The van der Waals surface area contributed by atoms with E-state index in [4.69, 9.17) is 18.5 Å². The molecule has 2 fully saturated rings. The molecule has 0 spiro atoms. The van der Waals surface area contributed by atoms with Gasteiger partial charge in [0.15, 0.2) is 6.23 Å². The summed E-state index contributed by atoms with van der Waals surface area (Å²) in [5, 5.41) is 7.93. The normalized spacial score (nSPS) is 31.9. The highest BCUT2D eigenvalue weighted by molar-refractivity contribution is 7.55. The van der Waals surface area contributed by atoms with Gasteiger partial charge in [0, 0.05) is 12.3 Å². The van der Waals surface area contributed by atoms with Crippen molar-refractivity contribution in [1.82, 2.24) is 9.55 Å². The zero-order valence-electron chi connectivity index (χ0n) is 13.2. The lowest BCUT2D eigenvalue weighted by Gasteiger charge is -2.28. The van der Waals surface area contributed by atoms with E-state index < -0.39 is 42.6 Å². The number of aromatic nitrogens is 2. The molecule has 10 nitrogen and oxygen atoms in total. The molecule has 24 heavy (non-hydrogen) atoms. The van der Waals surface area contributed by atoms with Gasteiger partial charge >= 0.3 is 13.3 Å². The Morgan fingerprint density at radius 3 is 2.58 bits per heavy atom. The third-order valence-corrected chi connectivity index (χ3v) is 6.60. The van der Waals surface area contributed by atoms with E-state index >= 15 is 0 Å². The average Bonchev–Trinajstić information content (AvgIpc) is 3.20. The third-order valence-electron chi connectivity index (χ3n) is 3.97. The number of ether oxygens (including phenoxy) is 2. The van der Waals surface area contributed by atoms with Crippen LogP contribution in [-0.2, 0) is 23.1 Å². The number of aliphatic hydroxyl groups is 1. The monoisotopic (exact) mass is 362 g/mol. The van der Waals surface area contributed by atoms with Crippen molar-refractivity contribution >= 4 is 7.60 Å². The summed E-state index contributed by atoms with van der Waals surface area (Å²) in [6, 6.07) is 1.13. The number of hydrogen-bond acceptors (Lipinski definition) is 8. The predicted octanol–water partition coefficient (Wildman–Crippen LogP) is -0.212. The Balaban J connectivity index is 2.09. The molecule has 0 aromatic carbocycles. The minimum atomic E-state index is -3.82. The quantitative estimate of drug-likeness (QED) is 0.503. The van der Waals surface area contributed by atoms with Crippen LogP contribution in [0.15, 0.2) is 21.9 Å². The SMILES string of the molecule is CCOP(=O)(OCC)[C@]12O[C@H]1[C@@H](CO)O[C@H]2n1ccc(=O)[nH]c1=O. The molecule has 4 atom stereocenters. The Labute approximate surface area is 136 Å². The van der Waals surface area contributed by atoms with Crippen LogP contribution < -0.4 is 11.2 Å². The van der Waals surface area contributed by atoms with Crippen molar-refractivity contribution in [3.8, 4) is 0 Å². The van der Waals surface area contributed by atoms with Crippen molar-refractivity contribution in [3.05, 3.63) is 33.1 Å². The minimum Gasteiger partial charge on any atom is -0.394 e. The first kappa shape index (κ1) is 17.5. The Morgan fingerprint density at radius 1 is 1.38 bits per heavy atom. The number of nitrogens with zero attached hydrogens (tertiary/aromatic N) is 1. The van der Waals surface area contributed by atoms with Gasteiger partial charge in [0.1, 0.15) is 12.2 Å². The molecule has 0 aliphatic carbocycles. The molecule has 3 rings (SSSR count). The smallest absolute Gasteiger partial charge is 0.369 e. The van der Waals surface area contributed by atoms with E-state index in [0.29, 0.717) is 0 Å². The average molecular weight is 362 g/mol. The van der Waals surface area contributed by atoms with E-state index in [1.165, 1.54) is 6.20 Å². The van der Waals surface area contributed by atoms with E-state index in [0.717, 1.165) is 10.6 Å². The highest BCUT2D eigenvalue weighted by Crippen LogP contribution is 2.77. The lowest BCUT2D eigenvalue weighted by molar-refractivity contribution is -0.0962. The van der Waals surface area contributed by atoms with E-state index in [-0.39, 0.29) is 19.8 Å². The molecule has 0 radical (unpaired) electrons. The molecule has 0 bridgehead atoms. The maximum Gasteiger partial charge on any atom is 0.369 e. The maximum atomic E-state index is 13.3. The Hall–Kier alpha value is -1.29. The Morgan fingerprint density at radius 2 is 2.04 bits per heavy atom. The van der Waals surface area contributed by atoms with Crippen LogP contribution in [0.2, 0.25) is 0 Å². The molecule has 0 amide bonds. The molecule has 2 aliphatic heterocycles. The summed E-state index contributed by atoms with van der Waals surface area (Å²) in [5.74, 6) is 0. The van der Waals surface area contributed by atoms with Crippen molar-refractivity contribution in [2.24, 2.45) is 0 Å². The summed E-state index contributed by atoms with van der Waals surface area (Å²) in [6.07, 6.45) is -1.47. The molecule has 1 aromatic heterocycles. The van der Waals surface area contributed by atoms with E-state index in [1.807, 2.05) is 0 Å². The first-order valence-electron chi connectivity index (χ1n) is 7.58. The number of H-pyrrole nitrogens is 1. The van der Waals surface area contributed by atoms with Gasteiger partial charge < -0.3 is 23.6 Å². The zero-order chi connectivity index (χ0) is 17.5. The van der Waals surface area contributed by atoms with Gasteiger partial charge in [-0.3, -0.25) is 18.9 Å². The second kappa shape index (κ2) is 6.21. The molecule has 1 aromatic rings. The van der Waals surface area contributed by atoms with Gasteiger partial charge in [-0.1, -0.05) is 0 Å². The van der Waals surface area contributed by atoms with Crippen LogP contribution in [-0.4, -0.2) is 52.0 Å². The number of hydrogen-bond donors (Lipinski definition) is 2. The van der Waals surface area contributed by atoms with Crippen LogP contribution >= 0.6 is 7.60 Å². The van der Waals surface area contributed by atoms with E-state index in [1.54, 1.807) is 13.8 Å². The van der Waals surface area contributed by atoms with Gasteiger partial charge in [0.05, 0.1) is 19.8 Å². The van der Waals surface area contributed by atoms with Gasteiger partial charge in [-0.25, -0.2) is 4.79 Å². The number of aromatic amines is 1. The Kier molecular flexibility index (Phi) is 4.54. The number of nitrogens with one attached hydrogen (secondary N) is 1. The topological polar surface area (TPSA) is 132 Å². The van der Waals surface area contributed by atoms with Gasteiger partial charge in [0.25, 0.3) is 5.56 Å². The van der Waals surface area contributed by atoms with Crippen molar-refractivity contribution in [2.45, 2.75) is 37.6 Å². The molecule has 2 aliphatic rings. The van der Waals surface area contributed by atoms with Crippen LogP contribution in [0.5, 0.6) is 0 Å². The molecule has 134 valence electrons. The summed E-state index contributed by atoms with van der Waals surface area (Å²) in [5.41, 5.74) is -1.33. The van der Waals surface area contributed by atoms with Crippen LogP contribution in [0.25, 0.3) is 0 Å².